The highest BCUT2D eigenvalue weighted by Gasteiger charge is 2.47. The molecule has 7 nitrogen and oxygen atoms in total. The lowest BCUT2D eigenvalue weighted by Crippen LogP contribution is -2.47. The van der Waals surface area contributed by atoms with Crippen LogP contribution in [0, 0.1) is 26.0 Å². The molecule has 180 valence electrons. The van der Waals surface area contributed by atoms with Gasteiger partial charge in [-0.15, -0.1) is 0 Å². The molecule has 1 heterocycles. The van der Waals surface area contributed by atoms with Crippen LogP contribution in [0.25, 0.3) is 0 Å². The summed E-state index contributed by atoms with van der Waals surface area (Å²) < 4.78 is 21.9. The van der Waals surface area contributed by atoms with Crippen molar-refractivity contribution in [3.63, 3.8) is 0 Å². The number of carbonyl (C=O) groups excluding carboxylic acids is 4. The summed E-state index contributed by atoms with van der Waals surface area (Å²) in [5.41, 5.74) is 0.508. The predicted octanol–water partition coefficient (Wildman–Crippen LogP) is 5.44. The topological polar surface area (TPSA) is 92.8 Å². The number of fused-ring (bicyclic) bond motifs is 1. The molecule has 0 fully saturated rings. The SMILES string of the molecule is CC(C)CC(C(=O)OCC(=O)Nc1ccccc1F)N1C(=O)c2c(I)c(I)c(I)c(I)c2C1=O. The predicted molar refractivity (Wildman–Crippen MR) is 157 cm³/mol. The molecule has 3 amide bonds. The Balaban J connectivity index is 1.83. The number of carbonyl (C=O) groups is 4. The summed E-state index contributed by atoms with van der Waals surface area (Å²) >= 11 is 8.33. The van der Waals surface area contributed by atoms with Crippen LogP contribution in [0.5, 0.6) is 0 Å². The summed E-state index contributed by atoms with van der Waals surface area (Å²) in [5.74, 6) is -3.41. The summed E-state index contributed by atoms with van der Waals surface area (Å²) in [5, 5.41) is 2.33. The Labute approximate surface area is 249 Å². The zero-order valence-corrected chi connectivity index (χ0v) is 26.4. The number of nitrogens with one attached hydrogen (secondary N) is 1. The van der Waals surface area contributed by atoms with Crippen molar-refractivity contribution in [3.05, 3.63) is 55.5 Å². The molecule has 0 aromatic heterocycles. The number of esters is 1. The first kappa shape index (κ1) is 27.9. The van der Waals surface area contributed by atoms with Crippen LogP contribution in [0.2, 0.25) is 0 Å². The monoisotopic (exact) mass is 916 g/mol. The highest BCUT2D eigenvalue weighted by atomic mass is 127. The number of halogens is 5. The van der Waals surface area contributed by atoms with Crippen LogP contribution in [0.4, 0.5) is 10.1 Å². The molecule has 1 aliphatic rings. The van der Waals surface area contributed by atoms with E-state index in [-0.39, 0.29) is 29.2 Å². The zero-order valence-electron chi connectivity index (χ0n) is 17.8. The van der Waals surface area contributed by atoms with E-state index in [1.54, 1.807) is 6.07 Å². The van der Waals surface area contributed by atoms with Gasteiger partial charge in [0.2, 0.25) is 0 Å². The minimum Gasteiger partial charge on any atom is -0.454 e. The zero-order chi connectivity index (χ0) is 25.3. The molecule has 12 heteroatoms. The number of anilines is 1. The molecule has 1 N–H and O–H groups in total. The fraction of sp³-hybridized carbons (Fsp3) is 0.273. The number of rotatable bonds is 7. The maximum absolute atomic E-state index is 13.8. The maximum atomic E-state index is 13.8. The molecular formula is C22H17FI4N2O5. The van der Waals surface area contributed by atoms with Crippen molar-refractivity contribution in [1.82, 2.24) is 4.90 Å². The second kappa shape index (κ2) is 11.6. The van der Waals surface area contributed by atoms with Gasteiger partial charge in [0, 0.05) is 14.3 Å². The number of benzene rings is 2. The fourth-order valence-corrected chi connectivity index (χ4v) is 7.04. The van der Waals surface area contributed by atoms with Crippen molar-refractivity contribution in [2.45, 2.75) is 26.3 Å². The van der Waals surface area contributed by atoms with E-state index < -0.39 is 42.2 Å². The molecule has 1 atom stereocenters. The summed E-state index contributed by atoms with van der Waals surface area (Å²) in [6, 6.07) is 4.40. The lowest BCUT2D eigenvalue weighted by molar-refractivity contribution is -0.151. The highest BCUT2D eigenvalue weighted by molar-refractivity contribution is 14.1. The third-order valence-electron chi connectivity index (χ3n) is 4.90. The molecule has 34 heavy (non-hydrogen) atoms. The maximum Gasteiger partial charge on any atom is 0.329 e. The van der Waals surface area contributed by atoms with Crippen molar-refractivity contribution < 1.29 is 28.3 Å². The number of imide groups is 1. The lowest BCUT2D eigenvalue weighted by atomic mass is 10.0. The van der Waals surface area contributed by atoms with Gasteiger partial charge in [-0.1, -0.05) is 26.0 Å². The molecule has 0 bridgehead atoms. The van der Waals surface area contributed by atoms with Gasteiger partial charge >= 0.3 is 5.97 Å². The molecule has 0 saturated heterocycles. The Kier molecular flexibility index (Phi) is 9.55. The fourth-order valence-electron chi connectivity index (χ4n) is 3.38. The minimum atomic E-state index is -1.20. The number of hydrogen-bond acceptors (Lipinski definition) is 5. The average molecular weight is 916 g/mol. The molecule has 0 saturated carbocycles. The van der Waals surface area contributed by atoms with Gasteiger partial charge < -0.3 is 10.1 Å². The highest BCUT2D eigenvalue weighted by Crippen LogP contribution is 2.38. The van der Waals surface area contributed by atoms with Gasteiger partial charge in [0.1, 0.15) is 11.9 Å². The van der Waals surface area contributed by atoms with Crippen LogP contribution < -0.4 is 5.32 Å². The molecule has 2 aromatic carbocycles. The molecule has 0 radical (unpaired) electrons. The van der Waals surface area contributed by atoms with E-state index in [0.717, 1.165) is 12.0 Å². The molecular weight excluding hydrogens is 899 g/mol. The molecule has 3 rings (SSSR count). The van der Waals surface area contributed by atoms with Gasteiger partial charge in [-0.05, 0) is 115 Å². The Hall–Kier alpha value is -0.630. The summed E-state index contributed by atoms with van der Waals surface area (Å²) in [4.78, 5) is 52.9. The van der Waals surface area contributed by atoms with E-state index >= 15 is 0 Å². The minimum absolute atomic E-state index is 0.0454. The smallest absolute Gasteiger partial charge is 0.329 e. The Morgan fingerprint density at radius 1 is 0.971 bits per heavy atom. The average Bonchev–Trinajstić information content (AvgIpc) is 3.04. The van der Waals surface area contributed by atoms with Crippen LogP contribution in [0.1, 0.15) is 41.0 Å². The largest absolute Gasteiger partial charge is 0.454 e. The third kappa shape index (κ3) is 5.68. The van der Waals surface area contributed by atoms with E-state index in [0.29, 0.717) is 7.14 Å². The number of nitrogens with zero attached hydrogens (tertiary/aromatic N) is 1. The molecule has 1 aliphatic heterocycles. The normalized spacial score (nSPS) is 13.8. The van der Waals surface area contributed by atoms with Crippen molar-refractivity contribution >= 4 is 120 Å². The quantitative estimate of drug-likeness (QED) is 0.132. The molecule has 0 spiro atoms. The number of hydrogen-bond donors (Lipinski definition) is 1. The van der Waals surface area contributed by atoms with E-state index in [1.165, 1.54) is 18.2 Å². The Bertz CT molecular complexity index is 1160. The van der Waals surface area contributed by atoms with Crippen molar-refractivity contribution in [2.24, 2.45) is 5.92 Å². The number of para-hydroxylation sites is 1. The van der Waals surface area contributed by atoms with E-state index in [4.69, 9.17) is 4.74 Å². The number of amides is 3. The molecule has 2 aromatic rings. The van der Waals surface area contributed by atoms with Gasteiger partial charge in [-0.2, -0.15) is 0 Å². The number of ether oxygens (including phenoxy) is 1. The standard InChI is InChI=1S/C22H17FI4N2O5/c1-9(2)7-12(22(33)34-8-13(30)28-11-6-4-3-5-10(11)23)29-20(31)14-15(21(29)32)17(25)19(27)18(26)16(14)24/h3-6,9,12H,7-8H2,1-2H3,(H,28,30). The lowest BCUT2D eigenvalue weighted by Gasteiger charge is -2.26. The Morgan fingerprint density at radius 2 is 1.50 bits per heavy atom. The van der Waals surface area contributed by atoms with Gasteiger partial charge in [0.15, 0.2) is 6.61 Å². The summed E-state index contributed by atoms with van der Waals surface area (Å²) in [7, 11) is 0. The third-order valence-corrected chi connectivity index (χ3v) is 12.3. The van der Waals surface area contributed by atoms with Gasteiger partial charge in [0.25, 0.3) is 17.7 Å². The second-order valence-corrected chi connectivity index (χ2v) is 12.1. The molecule has 0 aliphatic carbocycles. The first-order valence-electron chi connectivity index (χ1n) is 9.90. The van der Waals surface area contributed by atoms with E-state index in [2.05, 4.69) is 50.5 Å². The molecule has 1 unspecified atom stereocenters. The summed E-state index contributed by atoms with van der Waals surface area (Å²) in [6.45, 7) is 3.02. The van der Waals surface area contributed by atoms with Crippen LogP contribution >= 0.6 is 90.4 Å². The van der Waals surface area contributed by atoms with Crippen LogP contribution in [-0.4, -0.2) is 41.2 Å². The van der Waals surface area contributed by atoms with Crippen molar-refractivity contribution in [1.29, 1.82) is 0 Å². The second-order valence-electron chi connectivity index (χ2n) is 7.77. The van der Waals surface area contributed by atoms with Gasteiger partial charge in [-0.3, -0.25) is 19.3 Å². The first-order valence-corrected chi connectivity index (χ1v) is 14.2. The van der Waals surface area contributed by atoms with Crippen LogP contribution in [-0.2, 0) is 14.3 Å². The van der Waals surface area contributed by atoms with Crippen molar-refractivity contribution in [3.8, 4) is 0 Å². The van der Waals surface area contributed by atoms with Crippen LogP contribution in [0.3, 0.4) is 0 Å². The van der Waals surface area contributed by atoms with E-state index in [1.807, 2.05) is 59.0 Å². The van der Waals surface area contributed by atoms with Crippen molar-refractivity contribution in [2.75, 3.05) is 11.9 Å². The Morgan fingerprint density at radius 3 is 2.00 bits per heavy atom. The summed E-state index contributed by atoms with van der Waals surface area (Å²) in [6.07, 6.45) is 0.167. The van der Waals surface area contributed by atoms with Crippen LogP contribution in [0.15, 0.2) is 24.3 Å². The van der Waals surface area contributed by atoms with E-state index in [9.17, 15) is 23.6 Å². The van der Waals surface area contributed by atoms with Gasteiger partial charge in [0.05, 0.1) is 16.8 Å². The first-order chi connectivity index (χ1) is 16.0. The van der Waals surface area contributed by atoms with Gasteiger partial charge in [-0.25, -0.2) is 9.18 Å².